The molecule has 0 aliphatic heterocycles. The largest absolute Gasteiger partial charge is 0.468 e. The van der Waals surface area contributed by atoms with Crippen LogP contribution in [0.25, 0.3) is 0 Å². The van der Waals surface area contributed by atoms with Crippen LogP contribution in [0.5, 0.6) is 0 Å². The highest BCUT2D eigenvalue weighted by atomic mass is 16.6. The molecule has 1 aromatic rings. The SMILES string of the molecule is C=CCOC(=O)C(=C)CC(C(=O)OC)(C(=O)OC)C(=O)OCc1ccccc1. The van der Waals surface area contributed by atoms with Crippen molar-refractivity contribution in [2.24, 2.45) is 5.41 Å². The van der Waals surface area contributed by atoms with Gasteiger partial charge < -0.3 is 18.9 Å². The zero-order valence-electron chi connectivity index (χ0n) is 15.8. The molecule has 0 atom stereocenters. The van der Waals surface area contributed by atoms with Crippen LogP contribution in [-0.2, 0) is 44.7 Å². The summed E-state index contributed by atoms with van der Waals surface area (Å²) in [6, 6.07) is 8.62. The van der Waals surface area contributed by atoms with Gasteiger partial charge in [0, 0.05) is 12.0 Å². The predicted molar refractivity (Wildman–Crippen MR) is 97.6 cm³/mol. The van der Waals surface area contributed by atoms with Crippen molar-refractivity contribution >= 4 is 23.9 Å². The minimum absolute atomic E-state index is 0.111. The Kier molecular flexibility index (Phi) is 8.61. The molecule has 0 aromatic heterocycles. The molecule has 0 spiro atoms. The fourth-order valence-corrected chi connectivity index (χ4v) is 2.29. The monoisotopic (exact) mass is 390 g/mol. The van der Waals surface area contributed by atoms with Gasteiger partial charge in [-0.1, -0.05) is 49.6 Å². The van der Waals surface area contributed by atoms with Crippen LogP contribution in [0, 0.1) is 5.41 Å². The Morgan fingerprint density at radius 2 is 1.54 bits per heavy atom. The maximum atomic E-state index is 12.8. The van der Waals surface area contributed by atoms with E-state index in [1.165, 1.54) is 6.08 Å². The van der Waals surface area contributed by atoms with Crippen molar-refractivity contribution in [2.45, 2.75) is 13.0 Å². The number of rotatable bonds is 10. The molecule has 0 amide bonds. The second kappa shape index (κ2) is 10.7. The first kappa shape index (κ1) is 22.6. The Morgan fingerprint density at radius 1 is 0.964 bits per heavy atom. The summed E-state index contributed by atoms with van der Waals surface area (Å²) in [6.07, 6.45) is 0.600. The fourth-order valence-electron chi connectivity index (χ4n) is 2.29. The third kappa shape index (κ3) is 5.29. The van der Waals surface area contributed by atoms with Crippen LogP contribution in [0.1, 0.15) is 12.0 Å². The van der Waals surface area contributed by atoms with Crippen LogP contribution in [0.15, 0.2) is 55.1 Å². The Balaban J connectivity index is 3.17. The molecule has 150 valence electrons. The van der Waals surface area contributed by atoms with Crippen LogP contribution in [0.2, 0.25) is 0 Å². The average molecular weight is 390 g/mol. The summed E-state index contributed by atoms with van der Waals surface area (Å²) in [7, 11) is 1.98. The molecule has 0 N–H and O–H groups in total. The zero-order valence-corrected chi connectivity index (χ0v) is 15.8. The van der Waals surface area contributed by atoms with Crippen molar-refractivity contribution in [3.63, 3.8) is 0 Å². The van der Waals surface area contributed by atoms with Gasteiger partial charge in [-0.05, 0) is 5.56 Å². The molecule has 0 radical (unpaired) electrons. The van der Waals surface area contributed by atoms with Crippen LogP contribution in [-0.4, -0.2) is 44.7 Å². The van der Waals surface area contributed by atoms with Gasteiger partial charge >= 0.3 is 23.9 Å². The second-order valence-corrected chi connectivity index (χ2v) is 5.62. The summed E-state index contributed by atoms with van der Waals surface area (Å²) in [4.78, 5) is 49.6. The molecule has 28 heavy (non-hydrogen) atoms. The highest BCUT2D eigenvalue weighted by molar-refractivity contribution is 6.18. The molecule has 0 saturated carbocycles. The van der Waals surface area contributed by atoms with Gasteiger partial charge in [0.1, 0.15) is 13.2 Å². The normalized spacial score (nSPS) is 10.4. The molecule has 0 bridgehead atoms. The average Bonchev–Trinajstić information content (AvgIpc) is 2.73. The van der Waals surface area contributed by atoms with Crippen molar-refractivity contribution in [3.8, 4) is 0 Å². The van der Waals surface area contributed by atoms with Gasteiger partial charge in [0.05, 0.1) is 14.2 Å². The van der Waals surface area contributed by atoms with Crippen LogP contribution in [0.3, 0.4) is 0 Å². The van der Waals surface area contributed by atoms with E-state index in [0.29, 0.717) is 5.56 Å². The molecule has 0 fully saturated rings. The van der Waals surface area contributed by atoms with Crippen LogP contribution < -0.4 is 0 Å². The molecule has 0 unspecified atom stereocenters. The van der Waals surface area contributed by atoms with Gasteiger partial charge in [-0.3, -0.25) is 14.4 Å². The molecule has 8 nitrogen and oxygen atoms in total. The molecular weight excluding hydrogens is 368 g/mol. The molecular formula is C20H22O8. The summed E-state index contributed by atoms with van der Waals surface area (Å²) < 4.78 is 19.2. The first-order valence-electron chi connectivity index (χ1n) is 8.17. The van der Waals surface area contributed by atoms with Gasteiger partial charge in [-0.25, -0.2) is 4.79 Å². The van der Waals surface area contributed by atoms with Crippen LogP contribution >= 0.6 is 0 Å². The lowest BCUT2D eigenvalue weighted by molar-refractivity contribution is -0.182. The highest BCUT2D eigenvalue weighted by Crippen LogP contribution is 2.32. The van der Waals surface area contributed by atoms with E-state index in [-0.39, 0.29) is 18.8 Å². The highest BCUT2D eigenvalue weighted by Gasteiger charge is 2.58. The third-order valence-corrected chi connectivity index (χ3v) is 3.73. The van der Waals surface area contributed by atoms with Crippen molar-refractivity contribution in [2.75, 3.05) is 20.8 Å². The smallest absolute Gasteiger partial charge is 0.335 e. The summed E-state index contributed by atoms with van der Waals surface area (Å²) >= 11 is 0. The maximum absolute atomic E-state index is 12.8. The Morgan fingerprint density at radius 3 is 2.04 bits per heavy atom. The molecule has 0 aliphatic rings. The fraction of sp³-hybridized carbons (Fsp3) is 0.300. The predicted octanol–water partition coefficient (Wildman–Crippen LogP) is 1.74. The topological polar surface area (TPSA) is 105 Å². The van der Waals surface area contributed by atoms with Crippen LogP contribution in [0.4, 0.5) is 0 Å². The van der Waals surface area contributed by atoms with E-state index in [1.807, 2.05) is 0 Å². The number of hydrogen-bond donors (Lipinski definition) is 0. The first-order chi connectivity index (χ1) is 13.3. The second-order valence-electron chi connectivity index (χ2n) is 5.62. The Labute approximate surface area is 162 Å². The standard InChI is InChI=1S/C20H22O8/c1-5-11-27-16(21)14(2)12-20(17(22)25-3,18(23)26-4)19(24)28-13-15-9-7-6-8-10-15/h5-10H,1-2,11-13H2,3-4H3. The summed E-state index contributed by atoms with van der Waals surface area (Å²) in [5.74, 6) is -4.62. The summed E-state index contributed by atoms with van der Waals surface area (Å²) in [5.41, 5.74) is -2.24. The van der Waals surface area contributed by atoms with Crippen molar-refractivity contribution in [3.05, 3.63) is 60.7 Å². The van der Waals surface area contributed by atoms with E-state index in [9.17, 15) is 19.2 Å². The summed E-state index contributed by atoms with van der Waals surface area (Å²) in [6.45, 7) is 6.58. The van der Waals surface area contributed by atoms with E-state index in [2.05, 4.69) is 22.6 Å². The molecule has 0 saturated heterocycles. The lowest BCUT2D eigenvalue weighted by atomic mass is 9.81. The molecule has 0 heterocycles. The number of methoxy groups -OCH3 is 2. The van der Waals surface area contributed by atoms with E-state index < -0.39 is 35.7 Å². The Bertz CT molecular complexity index is 735. The number of ether oxygens (including phenoxy) is 4. The Hall–Kier alpha value is -3.42. The first-order valence-corrected chi connectivity index (χ1v) is 8.17. The number of carbonyl (C=O) groups excluding carboxylic acids is 4. The number of hydrogen-bond acceptors (Lipinski definition) is 8. The molecule has 1 aromatic carbocycles. The molecule has 8 heteroatoms. The number of benzene rings is 1. The third-order valence-electron chi connectivity index (χ3n) is 3.73. The maximum Gasteiger partial charge on any atom is 0.335 e. The molecule has 1 rings (SSSR count). The van der Waals surface area contributed by atoms with Crippen molar-refractivity contribution < 1.29 is 38.1 Å². The van der Waals surface area contributed by atoms with Gasteiger partial charge in [-0.15, -0.1) is 0 Å². The lowest BCUT2D eigenvalue weighted by Gasteiger charge is -2.26. The number of carbonyl (C=O) groups is 4. The van der Waals surface area contributed by atoms with E-state index >= 15 is 0 Å². The van der Waals surface area contributed by atoms with Gasteiger partial charge in [0.2, 0.25) is 0 Å². The van der Waals surface area contributed by atoms with Gasteiger partial charge in [0.25, 0.3) is 5.41 Å². The lowest BCUT2D eigenvalue weighted by Crippen LogP contribution is -2.49. The molecule has 0 aliphatic carbocycles. The van der Waals surface area contributed by atoms with Gasteiger partial charge in [0.15, 0.2) is 0 Å². The van der Waals surface area contributed by atoms with E-state index in [4.69, 9.17) is 9.47 Å². The van der Waals surface area contributed by atoms with Crippen molar-refractivity contribution in [1.82, 2.24) is 0 Å². The minimum Gasteiger partial charge on any atom is -0.468 e. The van der Waals surface area contributed by atoms with E-state index in [1.54, 1.807) is 30.3 Å². The van der Waals surface area contributed by atoms with Crippen molar-refractivity contribution in [1.29, 1.82) is 0 Å². The quantitative estimate of drug-likeness (QED) is 0.196. The summed E-state index contributed by atoms with van der Waals surface area (Å²) in [5, 5.41) is 0. The minimum atomic E-state index is -2.55. The van der Waals surface area contributed by atoms with Gasteiger partial charge in [-0.2, -0.15) is 0 Å². The number of esters is 4. The van der Waals surface area contributed by atoms with E-state index in [0.717, 1.165) is 14.2 Å². The zero-order chi connectivity index (χ0) is 21.2.